The first-order chi connectivity index (χ1) is 5.83. The van der Waals surface area contributed by atoms with E-state index >= 15 is 0 Å². The van der Waals surface area contributed by atoms with Crippen LogP contribution in [-0.2, 0) is 0 Å². The fraction of sp³-hybridized carbons (Fsp3) is 1.00. The van der Waals surface area contributed by atoms with Crippen molar-refractivity contribution in [3.8, 4) is 0 Å². The summed E-state index contributed by atoms with van der Waals surface area (Å²) in [6, 6.07) is 0.803. The minimum Gasteiger partial charge on any atom is -0.395 e. The molecule has 1 rings (SSSR count). The number of rotatable bonds is 3. The zero-order chi connectivity index (χ0) is 8.97. The number of nitrogens with one attached hydrogen (secondary N) is 1. The molecule has 0 aromatic carbocycles. The molecule has 0 spiro atoms. The standard InChI is InChI=1S/C9H20N2O/c1-3-8-9(7-12)11(4-2)6-5-10-8/h8-10,12H,3-7H2,1-2H3/t8-,9+/m0/s1. The van der Waals surface area contributed by atoms with Crippen molar-refractivity contribution in [1.29, 1.82) is 0 Å². The van der Waals surface area contributed by atoms with Gasteiger partial charge in [0.2, 0.25) is 0 Å². The Labute approximate surface area is 74.8 Å². The summed E-state index contributed by atoms with van der Waals surface area (Å²) in [7, 11) is 0. The van der Waals surface area contributed by atoms with Crippen LogP contribution in [0.1, 0.15) is 20.3 Å². The maximum atomic E-state index is 9.21. The van der Waals surface area contributed by atoms with Crippen LogP contribution >= 0.6 is 0 Å². The van der Waals surface area contributed by atoms with Crippen LogP contribution in [0.15, 0.2) is 0 Å². The van der Waals surface area contributed by atoms with E-state index in [-0.39, 0.29) is 6.61 Å². The fourth-order valence-corrected chi connectivity index (χ4v) is 2.00. The lowest BCUT2D eigenvalue weighted by Gasteiger charge is -2.40. The lowest BCUT2D eigenvalue weighted by atomic mass is 10.0. The molecule has 3 nitrogen and oxygen atoms in total. The average molecular weight is 172 g/mol. The van der Waals surface area contributed by atoms with Gasteiger partial charge in [-0.25, -0.2) is 0 Å². The second-order valence-electron chi connectivity index (χ2n) is 3.35. The molecule has 2 N–H and O–H groups in total. The van der Waals surface area contributed by atoms with Crippen molar-refractivity contribution in [3.63, 3.8) is 0 Å². The Hall–Kier alpha value is -0.120. The van der Waals surface area contributed by atoms with Gasteiger partial charge in [-0.1, -0.05) is 13.8 Å². The molecular formula is C9H20N2O. The highest BCUT2D eigenvalue weighted by atomic mass is 16.3. The zero-order valence-electron chi connectivity index (χ0n) is 8.08. The quantitative estimate of drug-likeness (QED) is 0.631. The topological polar surface area (TPSA) is 35.5 Å². The molecule has 1 fully saturated rings. The predicted molar refractivity (Wildman–Crippen MR) is 50.2 cm³/mol. The van der Waals surface area contributed by atoms with E-state index in [9.17, 15) is 5.11 Å². The van der Waals surface area contributed by atoms with Gasteiger partial charge in [0, 0.05) is 25.2 Å². The summed E-state index contributed by atoms with van der Waals surface area (Å²) in [5.74, 6) is 0. The highest BCUT2D eigenvalue weighted by molar-refractivity contribution is 4.87. The molecule has 0 aromatic rings. The number of hydrogen-bond acceptors (Lipinski definition) is 3. The summed E-state index contributed by atoms with van der Waals surface area (Å²) in [5, 5.41) is 12.6. The van der Waals surface area contributed by atoms with Crippen LogP contribution < -0.4 is 5.32 Å². The first kappa shape index (κ1) is 9.96. The van der Waals surface area contributed by atoms with E-state index in [0.29, 0.717) is 12.1 Å². The second-order valence-corrected chi connectivity index (χ2v) is 3.35. The van der Waals surface area contributed by atoms with Crippen LogP contribution in [0.25, 0.3) is 0 Å². The van der Waals surface area contributed by atoms with E-state index in [1.807, 2.05) is 0 Å². The third-order valence-corrected chi connectivity index (χ3v) is 2.77. The average Bonchev–Trinajstić information content (AvgIpc) is 2.16. The van der Waals surface area contributed by atoms with Crippen molar-refractivity contribution >= 4 is 0 Å². The van der Waals surface area contributed by atoms with Crippen molar-refractivity contribution in [1.82, 2.24) is 10.2 Å². The Balaban J connectivity index is 2.52. The van der Waals surface area contributed by atoms with Crippen LogP contribution in [0.2, 0.25) is 0 Å². The lowest BCUT2D eigenvalue weighted by molar-refractivity contribution is 0.0706. The highest BCUT2D eigenvalue weighted by Gasteiger charge is 2.27. The highest BCUT2D eigenvalue weighted by Crippen LogP contribution is 2.10. The molecule has 0 amide bonds. The van der Waals surface area contributed by atoms with Gasteiger partial charge in [-0.2, -0.15) is 0 Å². The number of hydrogen-bond donors (Lipinski definition) is 2. The van der Waals surface area contributed by atoms with E-state index in [1.54, 1.807) is 0 Å². The van der Waals surface area contributed by atoms with Crippen LogP contribution in [0, 0.1) is 0 Å². The molecule has 0 aliphatic carbocycles. The fourth-order valence-electron chi connectivity index (χ4n) is 2.00. The summed E-state index contributed by atoms with van der Waals surface area (Å²) < 4.78 is 0. The van der Waals surface area contributed by atoms with Gasteiger partial charge in [-0.05, 0) is 13.0 Å². The molecule has 0 aromatic heterocycles. The molecule has 12 heavy (non-hydrogen) atoms. The number of aliphatic hydroxyl groups is 1. The van der Waals surface area contributed by atoms with Gasteiger partial charge in [0.25, 0.3) is 0 Å². The van der Waals surface area contributed by atoms with Crippen LogP contribution in [0.3, 0.4) is 0 Å². The molecular weight excluding hydrogens is 152 g/mol. The predicted octanol–water partition coefficient (Wildman–Crippen LogP) is 0.0510. The Morgan fingerprint density at radius 2 is 2.25 bits per heavy atom. The first-order valence-corrected chi connectivity index (χ1v) is 4.91. The van der Waals surface area contributed by atoms with E-state index in [0.717, 1.165) is 26.1 Å². The normalized spacial score (nSPS) is 32.2. The SMILES string of the molecule is CC[C@@H]1NCCN(CC)[C@@H]1CO. The zero-order valence-corrected chi connectivity index (χ0v) is 8.08. The minimum absolute atomic E-state index is 0.277. The summed E-state index contributed by atoms with van der Waals surface area (Å²) >= 11 is 0. The molecule has 0 unspecified atom stereocenters. The molecule has 1 saturated heterocycles. The largest absolute Gasteiger partial charge is 0.395 e. The molecule has 1 heterocycles. The van der Waals surface area contributed by atoms with Crippen molar-refractivity contribution in [2.45, 2.75) is 32.4 Å². The van der Waals surface area contributed by atoms with Crippen LogP contribution in [0.5, 0.6) is 0 Å². The van der Waals surface area contributed by atoms with Gasteiger partial charge < -0.3 is 10.4 Å². The molecule has 72 valence electrons. The molecule has 2 atom stereocenters. The smallest absolute Gasteiger partial charge is 0.0602 e. The lowest BCUT2D eigenvalue weighted by Crippen LogP contribution is -2.58. The molecule has 3 heteroatoms. The third-order valence-electron chi connectivity index (χ3n) is 2.77. The number of nitrogens with zero attached hydrogens (tertiary/aromatic N) is 1. The van der Waals surface area contributed by atoms with E-state index in [4.69, 9.17) is 0 Å². The maximum Gasteiger partial charge on any atom is 0.0602 e. The van der Waals surface area contributed by atoms with Gasteiger partial charge in [-0.3, -0.25) is 4.90 Å². The third kappa shape index (κ3) is 1.97. The number of piperazine rings is 1. The molecule has 0 radical (unpaired) electrons. The summed E-state index contributed by atoms with van der Waals surface area (Å²) in [6.45, 7) is 7.77. The molecule has 0 saturated carbocycles. The summed E-state index contributed by atoms with van der Waals surface area (Å²) in [6.07, 6.45) is 1.10. The first-order valence-electron chi connectivity index (χ1n) is 4.91. The van der Waals surface area contributed by atoms with Gasteiger partial charge in [-0.15, -0.1) is 0 Å². The summed E-state index contributed by atoms with van der Waals surface area (Å²) in [5.41, 5.74) is 0. The van der Waals surface area contributed by atoms with E-state index < -0.39 is 0 Å². The van der Waals surface area contributed by atoms with Gasteiger partial charge in [0.05, 0.1) is 6.61 Å². The minimum atomic E-state index is 0.277. The van der Waals surface area contributed by atoms with Gasteiger partial charge in [0.15, 0.2) is 0 Å². The van der Waals surface area contributed by atoms with Crippen LogP contribution in [-0.4, -0.2) is 48.3 Å². The Morgan fingerprint density at radius 1 is 1.50 bits per heavy atom. The number of likely N-dealkylation sites (N-methyl/N-ethyl adjacent to an activating group) is 1. The molecule has 1 aliphatic rings. The molecule has 0 bridgehead atoms. The Kier molecular flexibility index (Phi) is 3.98. The molecule has 1 aliphatic heterocycles. The van der Waals surface area contributed by atoms with Crippen molar-refractivity contribution in [2.75, 3.05) is 26.2 Å². The van der Waals surface area contributed by atoms with Crippen LogP contribution in [0.4, 0.5) is 0 Å². The Bertz CT molecular complexity index is 118. The Morgan fingerprint density at radius 3 is 2.75 bits per heavy atom. The second kappa shape index (κ2) is 4.80. The van der Waals surface area contributed by atoms with Gasteiger partial charge in [0.1, 0.15) is 0 Å². The van der Waals surface area contributed by atoms with Crippen molar-refractivity contribution in [2.24, 2.45) is 0 Å². The maximum absolute atomic E-state index is 9.21. The monoisotopic (exact) mass is 172 g/mol. The van der Waals surface area contributed by atoms with Crippen molar-refractivity contribution in [3.05, 3.63) is 0 Å². The summed E-state index contributed by atoms with van der Waals surface area (Å²) in [4.78, 5) is 2.35. The van der Waals surface area contributed by atoms with E-state index in [2.05, 4.69) is 24.1 Å². The van der Waals surface area contributed by atoms with Crippen molar-refractivity contribution < 1.29 is 5.11 Å². The van der Waals surface area contributed by atoms with E-state index in [1.165, 1.54) is 0 Å². The van der Waals surface area contributed by atoms with Gasteiger partial charge >= 0.3 is 0 Å². The number of aliphatic hydroxyl groups excluding tert-OH is 1.